The molecule has 4 nitrogen and oxygen atoms in total. The van der Waals surface area contributed by atoms with Crippen molar-refractivity contribution in [3.8, 4) is 0 Å². The van der Waals surface area contributed by atoms with Crippen LogP contribution in [0.25, 0.3) is 0 Å². The maximum Gasteiger partial charge on any atom is 0.244 e. The normalized spacial score (nSPS) is 12.3. The Bertz CT molecular complexity index is 693. The van der Waals surface area contributed by atoms with E-state index in [-0.39, 0.29) is 11.7 Å². The van der Waals surface area contributed by atoms with Gasteiger partial charge in [-0.05, 0) is 63.3 Å². The summed E-state index contributed by atoms with van der Waals surface area (Å²) in [6.07, 6.45) is 0. The summed E-state index contributed by atoms with van der Waals surface area (Å²) in [6, 6.07) is 9.60. The number of nitrogens with zero attached hydrogens (tertiary/aromatic N) is 3. The van der Waals surface area contributed by atoms with Crippen LogP contribution < -0.4 is 0 Å². The van der Waals surface area contributed by atoms with Crippen molar-refractivity contribution < 1.29 is 9.18 Å². The first-order valence-corrected chi connectivity index (χ1v) is 7.89. The monoisotopic (exact) mass is 329 g/mol. The fraction of sp³-hybridized carbons (Fsp3) is 0.368. The Morgan fingerprint density at radius 3 is 2.29 bits per heavy atom. The van der Waals surface area contributed by atoms with Gasteiger partial charge in [0.1, 0.15) is 11.9 Å². The molecule has 1 atom stereocenters. The predicted molar refractivity (Wildman–Crippen MR) is 93.0 cm³/mol. The average Bonchev–Trinajstić information content (AvgIpc) is 2.47. The highest BCUT2D eigenvalue weighted by molar-refractivity contribution is 5.83. The summed E-state index contributed by atoms with van der Waals surface area (Å²) in [4.78, 5) is 20.9. The summed E-state index contributed by atoms with van der Waals surface area (Å²) >= 11 is 0. The number of hydrogen-bond donors (Lipinski definition) is 0. The first kappa shape index (κ1) is 18.1. The Morgan fingerprint density at radius 1 is 1.12 bits per heavy atom. The van der Waals surface area contributed by atoms with Gasteiger partial charge in [0.05, 0.1) is 12.2 Å². The van der Waals surface area contributed by atoms with Gasteiger partial charge in [-0.2, -0.15) is 0 Å². The number of halogens is 1. The summed E-state index contributed by atoms with van der Waals surface area (Å²) in [7, 11) is 5.45. The molecule has 0 aliphatic heterocycles. The molecule has 128 valence electrons. The van der Waals surface area contributed by atoms with Crippen LogP contribution >= 0.6 is 0 Å². The number of amides is 1. The van der Waals surface area contributed by atoms with E-state index in [1.54, 1.807) is 24.1 Å². The predicted octanol–water partition coefficient (Wildman–Crippen LogP) is 3.10. The van der Waals surface area contributed by atoms with E-state index in [1.807, 2.05) is 45.0 Å². The van der Waals surface area contributed by atoms with Crippen molar-refractivity contribution in [2.45, 2.75) is 26.4 Å². The standard InChI is InChI=1S/C19H24FN3O/c1-13-10-14(2)21-17(11-13)12-23(5)19(24)18(22(3)4)15-6-8-16(20)9-7-15/h6-11,18H,12H2,1-5H3/t18-/m0/s1. The zero-order valence-corrected chi connectivity index (χ0v) is 14.9. The molecule has 0 fully saturated rings. The molecule has 0 saturated carbocycles. The highest BCUT2D eigenvalue weighted by Gasteiger charge is 2.26. The molecule has 0 spiro atoms. The lowest BCUT2D eigenvalue weighted by atomic mass is 10.0. The van der Waals surface area contributed by atoms with Crippen LogP contribution in [0.4, 0.5) is 4.39 Å². The summed E-state index contributed by atoms with van der Waals surface area (Å²) in [6.45, 7) is 4.40. The Labute approximate surface area is 142 Å². The zero-order chi connectivity index (χ0) is 17.9. The van der Waals surface area contributed by atoms with E-state index >= 15 is 0 Å². The second kappa shape index (κ2) is 7.53. The number of pyridine rings is 1. The third kappa shape index (κ3) is 4.38. The third-order valence-corrected chi connectivity index (χ3v) is 3.86. The molecule has 0 aliphatic carbocycles. The fourth-order valence-corrected chi connectivity index (χ4v) is 2.84. The minimum atomic E-state index is -0.457. The number of aromatic nitrogens is 1. The maximum atomic E-state index is 13.2. The Kier molecular flexibility index (Phi) is 5.67. The van der Waals surface area contributed by atoms with Gasteiger partial charge in [0.2, 0.25) is 5.91 Å². The number of carbonyl (C=O) groups excluding carboxylic acids is 1. The molecule has 1 aromatic carbocycles. The van der Waals surface area contributed by atoms with E-state index in [1.165, 1.54) is 12.1 Å². The molecule has 24 heavy (non-hydrogen) atoms. The van der Waals surface area contributed by atoms with Crippen LogP contribution in [0.1, 0.15) is 28.6 Å². The van der Waals surface area contributed by atoms with Gasteiger partial charge in [-0.15, -0.1) is 0 Å². The van der Waals surface area contributed by atoms with Gasteiger partial charge in [0.25, 0.3) is 0 Å². The molecule has 0 bridgehead atoms. The van der Waals surface area contributed by atoms with Gasteiger partial charge < -0.3 is 4.90 Å². The second-order valence-electron chi connectivity index (χ2n) is 6.39. The van der Waals surface area contributed by atoms with Gasteiger partial charge in [0.15, 0.2) is 0 Å². The molecule has 0 aliphatic rings. The van der Waals surface area contributed by atoms with Crippen LogP contribution in [0.2, 0.25) is 0 Å². The van der Waals surface area contributed by atoms with Crippen LogP contribution in [0, 0.1) is 19.7 Å². The second-order valence-corrected chi connectivity index (χ2v) is 6.39. The molecule has 2 rings (SSSR count). The number of aryl methyl sites for hydroxylation is 2. The molecule has 2 aromatic rings. The number of benzene rings is 1. The summed E-state index contributed by atoms with van der Waals surface area (Å²) in [5.74, 6) is -0.357. The first-order valence-electron chi connectivity index (χ1n) is 7.89. The topological polar surface area (TPSA) is 36.4 Å². The Morgan fingerprint density at radius 2 is 1.75 bits per heavy atom. The van der Waals surface area contributed by atoms with E-state index in [4.69, 9.17) is 0 Å². The Hall–Kier alpha value is -2.27. The van der Waals surface area contributed by atoms with E-state index in [2.05, 4.69) is 4.98 Å². The van der Waals surface area contributed by atoms with Crippen LogP contribution in [0.3, 0.4) is 0 Å². The lowest BCUT2D eigenvalue weighted by molar-refractivity contribution is -0.135. The average molecular weight is 329 g/mol. The molecule has 5 heteroatoms. The van der Waals surface area contributed by atoms with E-state index in [9.17, 15) is 9.18 Å². The van der Waals surface area contributed by atoms with Crippen LogP contribution in [0.15, 0.2) is 36.4 Å². The summed E-state index contributed by atoms with van der Waals surface area (Å²) < 4.78 is 13.2. The van der Waals surface area contributed by atoms with Crippen LogP contribution in [-0.4, -0.2) is 41.8 Å². The SMILES string of the molecule is Cc1cc(C)nc(CN(C)C(=O)[C@H](c2ccc(F)cc2)N(C)C)c1. The van der Waals surface area contributed by atoms with Gasteiger partial charge in [-0.3, -0.25) is 14.7 Å². The first-order chi connectivity index (χ1) is 11.3. The van der Waals surface area contributed by atoms with Gasteiger partial charge in [0, 0.05) is 12.7 Å². The molecular weight excluding hydrogens is 305 g/mol. The highest BCUT2D eigenvalue weighted by Crippen LogP contribution is 2.21. The van der Waals surface area contributed by atoms with E-state index in [0.717, 1.165) is 22.5 Å². The minimum Gasteiger partial charge on any atom is -0.338 e. The lowest BCUT2D eigenvalue weighted by Gasteiger charge is -2.28. The van der Waals surface area contributed by atoms with Crippen LogP contribution in [-0.2, 0) is 11.3 Å². The Balaban J connectivity index is 2.21. The smallest absolute Gasteiger partial charge is 0.244 e. The van der Waals surface area contributed by atoms with Gasteiger partial charge in [-0.1, -0.05) is 12.1 Å². The molecule has 0 radical (unpaired) electrons. The molecule has 1 aromatic heterocycles. The van der Waals surface area contributed by atoms with Crippen molar-refractivity contribution in [3.05, 3.63) is 64.7 Å². The van der Waals surface area contributed by atoms with Gasteiger partial charge in [-0.25, -0.2) is 4.39 Å². The quantitative estimate of drug-likeness (QED) is 0.846. The lowest BCUT2D eigenvalue weighted by Crippen LogP contribution is -2.38. The summed E-state index contributed by atoms with van der Waals surface area (Å²) in [5, 5.41) is 0. The maximum absolute atomic E-state index is 13.2. The number of likely N-dealkylation sites (N-methyl/N-ethyl adjacent to an activating group) is 2. The van der Waals surface area contributed by atoms with Gasteiger partial charge >= 0.3 is 0 Å². The van der Waals surface area contributed by atoms with Crippen molar-refractivity contribution in [1.82, 2.24) is 14.8 Å². The molecule has 1 heterocycles. The number of rotatable bonds is 5. The van der Waals surface area contributed by atoms with Crippen molar-refractivity contribution in [1.29, 1.82) is 0 Å². The number of hydrogen-bond acceptors (Lipinski definition) is 3. The van der Waals surface area contributed by atoms with Crippen molar-refractivity contribution in [2.24, 2.45) is 0 Å². The molecule has 0 N–H and O–H groups in total. The summed E-state index contributed by atoms with van der Waals surface area (Å²) in [5.41, 5.74) is 3.70. The fourth-order valence-electron chi connectivity index (χ4n) is 2.84. The molecule has 1 amide bonds. The molecular formula is C19H24FN3O. The van der Waals surface area contributed by atoms with E-state index < -0.39 is 6.04 Å². The number of carbonyl (C=O) groups is 1. The largest absolute Gasteiger partial charge is 0.338 e. The van der Waals surface area contributed by atoms with Crippen molar-refractivity contribution in [2.75, 3.05) is 21.1 Å². The highest BCUT2D eigenvalue weighted by atomic mass is 19.1. The van der Waals surface area contributed by atoms with E-state index in [0.29, 0.717) is 6.54 Å². The minimum absolute atomic E-state index is 0.0485. The van der Waals surface area contributed by atoms with Crippen LogP contribution in [0.5, 0.6) is 0 Å². The molecule has 0 unspecified atom stereocenters. The third-order valence-electron chi connectivity index (χ3n) is 3.86. The molecule has 0 saturated heterocycles. The van der Waals surface area contributed by atoms with Crippen molar-refractivity contribution in [3.63, 3.8) is 0 Å². The van der Waals surface area contributed by atoms with Crippen molar-refractivity contribution >= 4 is 5.91 Å². The zero-order valence-electron chi connectivity index (χ0n) is 14.9.